The largest absolute Gasteiger partial charge is 0.495 e. The molecule has 0 unspecified atom stereocenters. The highest BCUT2D eigenvalue weighted by atomic mass is 32.2. The van der Waals surface area contributed by atoms with E-state index in [1.165, 1.54) is 13.2 Å². The lowest BCUT2D eigenvalue weighted by Crippen LogP contribution is -2.24. The Balaban J connectivity index is 1.61. The number of methoxy groups -OCH3 is 1. The van der Waals surface area contributed by atoms with Gasteiger partial charge in [0.1, 0.15) is 16.4 Å². The number of ether oxygens (including phenoxy) is 2. The zero-order chi connectivity index (χ0) is 23.6. The number of nitrogens with zero attached hydrogens (tertiary/aromatic N) is 3. The van der Waals surface area contributed by atoms with Gasteiger partial charge in [-0.1, -0.05) is 6.07 Å². The second kappa shape index (κ2) is 9.07. The summed E-state index contributed by atoms with van der Waals surface area (Å²) in [6.07, 6.45) is 1.19. The predicted molar refractivity (Wildman–Crippen MR) is 123 cm³/mol. The minimum Gasteiger partial charge on any atom is -0.495 e. The van der Waals surface area contributed by atoms with Crippen molar-refractivity contribution in [2.45, 2.75) is 31.6 Å². The van der Waals surface area contributed by atoms with Gasteiger partial charge in [-0.3, -0.25) is 9.52 Å². The monoisotopic (exact) mass is 468 g/mol. The molecular weight excluding hydrogens is 444 g/mol. The fourth-order valence-corrected chi connectivity index (χ4v) is 4.88. The van der Waals surface area contributed by atoms with Gasteiger partial charge >= 0.3 is 6.01 Å². The van der Waals surface area contributed by atoms with Crippen LogP contribution in [0.3, 0.4) is 0 Å². The topological polar surface area (TPSA) is 111 Å². The van der Waals surface area contributed by atoms with Crippen molar-refractivity contribution < 1.29 is 22.7 Å². The number of nitrogens with one attached hydrogen (secondary N) is 1. The smallest absolute Gasteiger partial charge is 0.322 e. The van der Waals surface area contributed by atoms with E-state index in [0.29, 0.717) is 30.1 Å². The number of amides is 1. The zero-order valence-corrected chi connectivity index (χ0v) is 19.3. The predicted octanol–water partition coefficient (Wildman–Crippen LogP) is 3.82. The third-order valence-corrected chi connectivity index (χ3v) is 6.48. The molecule has 1 amide bonds. The number of benzene rings is 2. The average Bonchev–Trinajstić information content (AvgIpc) is 3.18. The molecule has 0 aliphatic carbocycles. The molecule has 1 N–H and O–H groups in total. The first-order valence-corrected chi connectivity index (χ1v) is 11.8. The molecule has 33 heavy (non-hydrogen) atoms. The molecule has 4 rings (SSSR count). The number of hydrogen-bond donors (Lipinski definition) is 1. The maximum absolute atomic E-state index is 13.2. The standard InChI is InChI=1S/C23H24N4O5S/c1-15-12-16(2)25-23(24-15)32-19-7-4-6-17(13-19)26-33(29,30)21-14-18(9-10-20(21)31-3)27-11-5-8-22(27)28/h4,6-7,9-10,12-14,26H,5,8,11H2,1-3H3. The van der Waals surface area contributed by atoms with Crippen LogP contribution in [0.25, 0.3) is 0 Å². The van der Waals surface area contributed by atoms with Crippen molar-refractivity contribution in [3.8, 4) is 17.5 Å². The van der Waals surface area contributed by atoms with E-state index in [9.17, 15) is 13.2 Å². The molecule has 0 saturated carbocycles. The van der Waals surface area contributed by atoms with Gasteiger partial charge in [-0.2, -0.15) is 0 Å². The molecule has 10 heteroatoms. The van der Waals surface area contributed by atoms with Crippen molar-refractivity contribution in [1.29, 1.82) is 0 Å². The lowest BCUT2D eigenvalue weighted by atomic mass is 10.3. The molecule has 0 radical (unpaired) electrons. The van der Waals surface area contributed by atoms with Gasteiger partial charge in [0.25, 0.3) is 10.0 Å². The summed E-state index contributed by atoms with van der Waals surface area (Å²) in [7, 11) is -2.63. The van der Waals surface area contributed by atoms with Gasteiger partial charge in [0.2, 0.25) is 5.91 Å². The average molecular weight is 469 g/mol. The van der Waals surface area contributed by atoms with Gasteiger partial charge < -0.3 is 14.4 Å². The maximum Gasteiger partial charge on any atom is 0.322 e. The Morgan fingerprint density at radius 1 is 1.03 bits per heavy atom. The van der Waals surface area contributed by atoms with Gasteiger partial charge in [0.05, 0.1) is 12.8 Å². The van der Waals surface area contributed by atoms with E-state index in [1.807, 2.05) is 19.9 Å². The van der Waals surface area contributed by atoms with Crippen LogP contribution < -0.4 is 19.1 Å². The lowest BCUT2D eigenvalue weighted by Gasteiger charge is -2.19. The Hall–Kier alpha value is -3.66. The highest BCUT2D eigenvalue weighted by molar-refractivity contribution is 7.92. The van der Waals surface area contributed by atoms with Crippen LogP contribution in [0.4, 0.5) is 11.4 Å². The third kappa shape index (κ3) is 5.06. The van der Waals surface area contributed by atoms with Gasteiger partial charge in [-0.15, -0.1) is 0 Å². The molecule has 1 saturated heterocycles. The van der Waals surface area contributed by atoms with E-state index in [1.54, 1.807) is 41.3 Å². The van der Waals surface area contributed by atoms with Crippen molar-refractivity contribution >= 4 is 27.3 Å². The number of aryl methyl sites for hydroxylation is 2. The van der Waals surface area contributed by atoms with Gasteiger partial charge in [0.15, 0.2) is 0 Å². The van der Waals surface area contributed by atoms with Gasteiger partial charge in [0, 0.05) is 36.1 Å². The summed E-state index contributed by atoms with van der Waals surface area (Å²) in [6, 6.07) is 13.2. The van der Waals surface area contributed by atoms with Crippen molar-refractivity contribution in [2.24, 2.45) is 0 Å². The second-order valence-electron chi connectivity index (χ2n) is 7.65. The first kappa shape index (κ1) is 22.5. The fourth-order valence-electron chi connectivity index (χ4n) is 3.64. The molecule has 0 spiro atoms. The zero-order valence-electron chi connectivity index (χ0n) is 18.5. The van der Waals surface area contributed by atoms with Gasteiger partial charge in [-0.05, 0) is 56.7 Å². The van der Waals surface area contributed by atoms with Crippen LogP contribution in [0, 0.1) is 13.8 Å². The van der Waals surface area contributed by atoms with Crippen LogP contribution in [-0.4, -0.2) is 37.9 Å². The molecule has 1 aliphatic rings. The van der Waals surface area contributed by atoms with E-state index in [-0.39, 0.29) is 22.6 Å². The van der Waals surface area contributed by atoms with E-state index in [4.69, 9.17) is 9.47 Å². The van der Waals surface area contributed by atoms with Crippen molar-refractivity contribution in [3.63, 3.8) is 0 Å². The highest BCUT2D eigenvalue weighted by Crippen LogP contribution is 2.32. The molecular formula is C23H24N4O5S. The van der Waals surface area contributed by atoms with E-state index in [2.05, 4.69) is 14.7 Å². The molecule has 1 aliphatic heterocycles. The molecule has 2 heterocycles. The summed E-state index contributed by atoms with van der Waals surface area (Å²) >= 11 is 0. The number of hydrogen-bond acceptors (Lipinski definition) is 7. The maximum atomic E-state index is 13.2. The molecule has 0 atom stereocenters. The summed E-state index contributed by atoms with van der Waals surface area (Å²) in [5, 5.41) is 0. The Morgan fingerprint density at radius 2 is 1.79 bits per heavy atom. The number of sulfonamides is 1. The van der Waals surface area contributed by atoms with E-state index < -0.39 is 10.0 Å². The Morgan fingerprint density at radius 3 is 2.45 bits per heavy atom. The number of carbonyl (C=O) groups excluding carboxylic acids is 1. The summed E-state index contributed by atoms with van der Waals surface area (Å²) in [5.74, 6) is 0.521. The Labute approximate surface area is 192 Å². The number of aromatic nitrogens is 2. The van der Waals surface area contributed by atoms with Crippen LogP contribution in [0.2, 0.25) is 0 Å². The first-order valence-electron chi connectivity index (χ1n) is 10.4. The Bertz CT molecular complexity index is 1290. The van der Waals surface area contributed by atoms with Crippen LogP contribution in [0.15, 0.2) is 53.4 Å². The quantitative estimate of drug-likeness (QED) is 0.561. The summed E-state index contributed by atoms with van der Waals surface area (Å²) in [4.78, 5) is 22.1. The second-order valence-corrected chi connectivity index (χ2v) is 9.30. The minimum atomic E-state index is -4.03. The summed E-state index contributed by atoms with van der Waals surface area (Å²) < 4.78 is 40.0. The molecule has 9 nitrogen and oxygen atoms in total. The third-order valence-electron chi connectivity index (χ3n) is 5.08. The fraction of sp³-hybridized carbons (Fsp3) is 0.261. The molecule has 1 aromatic heterocycles. The van der Waals surface area contributed by atoms with Crippen molar-refractivity contribution in [1.82, 2.24) is 9.97 Å². The normalized spacial score (nSPS) is 13.8. The molecule has 0 bridgehead atoms. The highest BCUT2D eigenvalue weighted by Gasteiger charge is 2.26. The van der Waals surface area contributed by atoms with Crippen molar-refractivity contribution in [2.75, 3.05) is 23.3 Å². The molecule has 172 valence electrons. The van der Waals surface area contributed by atoms with E-state index in [0.717, 1.165) is 17.8 Å². The number of carbonyl (C=O) groups is 1. The molecule has 2 aromatic carbocycles. The SMILES string of the molecule is COc1ccc(N2CCCC2=O)cc1S(=O)(=O)Nc1cccc(Oc2nc(C)cc(C)n2)c1. The van der Waals surface area contributed by atoms with Crippen LogP contribution in [-0.2, 0) is 14.8 Å². The van der Waals surface area contributed by atoms with Crippen LogP contribution in [0.5, 0.6) is 17.5 Å². The van der Waals surface area contributed by atoms with Gasteiger partial charge in [-0.25, -0.2) is 18.4 Å². The molecule has 1 fully saturated rings. The first-order chi connectivity index (χ1) is 15.7. The minimum absolute atomic E-state index is 0.0325. The van der Waals surface area contributed by atoms with E-state index >= 15 is 0 Å². The lowest BCUT2D eigenvalue weighted by molar-refractivity contribution is -0.117. The van der Waals surface area contributed by atoms with Crippen LogP contribution in [0.1, 0.15) is 24.2 Å². The molecule has 3 aromatic rings. The summed E-state index contributed by atoms with van der Waals surface area (Å²) in [6.45, 7) is 4.23. The Kier molecular flexibility index (Phi) is 6.19. The van der Waals surface area contributed by atoms with Crippen molar-refractivity contribution in [3.05, 3.63) is 59.9 Å². The van der Waals surface area contributed by atoms with Crippen LogP contribution >= 0.6 is 0 Å². The number of rotatable bonds is 7. The number of anilines is 2. The summed E-state index contributed by atoms with van der Waals surface area (Å²) in [5.41, 5.74) is 2.33.